The van der Waals surface area contributed by atoms with Crippen LogP contribution in [0.25, 0.3) is 16.5 Å². The maximum atomic E-state index is 13.0. The average Bonchev–Trinajstić information content (AvgIpc) is 2.97. The van der Waals surface area contributed by atoms with Crippen LogP contribution >= 0.6 is 0 Å². The highest BCUT2D eigenvalue weighted by molar-refractivity contribution is 5.94. The second kappa shape index (κ2) is 7.91. The highest BCUT2D eigenvalue weighted by Crippen LogP contribution is 2.22. The van der Waals surface area contributed by atoms with E-state index < -0.39 is 6.10 Å². The van der Waals surface area contributed by atoms with E-state index in [9.17, 15) is 9.59 Å². The van der Waals surface area contributed by atoms with Gasteiger partial charge in [0.15, 0.2) is 6.10 Å². The Kier molecular flexibility index (Phi) is 5.14. The van der Waals surface area contributed by atoms with Crippen LogP contribution in [0.5, 0.6) is 5.75 Å². The van der Waals surface area contributed by atoms with Gasteiger partial charge in [-0.2, -0.15) is 0 Å². The number of amides is 1. The third-order valence-electron chi connectivity index (χ3n) is 5.21. The van der Waals surface area contributed by atoms with Gasteiger partial charge in [-0.1, -0.05) is 48.5 Å². The minimum absolute atomic E-state index is 0.250. The van der Waals surface area contributed by atoms with Gasteiger partial charge in [-0.05, 0) is 48.9 Å². The summed E-state index contributed by atoms with van der Waals surface area (Å²) >= 11 is 0. The van der Waals surface area contributed by atoms with E-state index in [1.807, 2.05) is 72.8 Å². The van der Waals surface area contributed by atoms with Crippen LogP contribution in [0.2, 0.25) is 0 Å². The Hall–Kier alpha value is -3.80. The number of carbonyl (C=O) groups is 1. The van der Waals surface area contributed by atoms with Crippen molar-refractivity contribution < 1.29 is 9.53 Å². The Bertz CT molecular complexity index is 1270. The SMILES string of the molecule is Cc1c(NC(=O)C(C)Oc2ccc3ccccc3c2)c(=O)n(-c2ccccc2)n1C. The lowest BCUT2D eigenvalue weighted by atomic mass is 10.1. The van der Waals surface area contributed by atoms with E-state index >= 15 is 0 Å². The number of anilines is 1. The second-order valence-corrected chi connectivity index (χ2v) is 7.19. The van der Waals surface area contributed by atoms with Crippen molar-refractivity contribution in [1.29, 1.82) is 0 Å². The number of fused-ring (bicyclic) bond motifs is 1. The van der Waals surface area contributed by atoms with Gasteiger partial charge in [0.2, 0.25) is 0 Å². The van der Waals surface area contributed by atoms with Crippen LogP contribution in [0.15, 0.2) is 77.6 Å². The fraction of sp³-hybridized carbons (Fsp3) is 0.167. The molecule has 6 heteroatoms. The predicted molar refractivity (Wildman–Crippen MR) is 118 cm³/mol. The summed E-state index contributed by atoms with van der Waals surface area (Å²) in [5, 5.41) is 4.88. The topological polar surface area (TPSA) is 65.3 Å². The van der Waals surface area contributed by atoms with Crippen molar-refractivity contribution in [3.05, 3.63) is 88.8 Å². The first kappa shape index (κ1) is 19.5. The molecule has 1 N–H and O–H groups in total. The number of para-hydroxylation sites is 1. The molecule has 1 unspecified atom stereocenters. The molecule has 0 aliphatic heterocycles. The number of carbonyl (C=O) groups excluding carboxylic acids is 1. The van der Waals surface area contributed by atoms with Crippen molar-refractivity contribution in [2.75, 3.05) is 5.32 Å². The molecule has 3 aromatic carbocycles. The maximum absolute atomic E-state index is 13.0. The largest absolute Gasteiger partial charge is 0.481 e. The molecule has 0 saturated heterocycles. The number of rotatable bonds is 5. The van der Waals surface area contributed by atoms with Crippen molar-refractivity contribution >= 4 is 22.4 Å². The third-order valence-corrected chi connectivity index (χ3v) is 5.21. The number of aromatic nitrogens is 2. The monoisotopic (exact) mass is 401 g/mol. The fourth-order valence-electron chi connectivity index (χ4n) is 3.44. The van der Waals surface area contributed by atoms with Gasteiger partial charge in [-0.25, -0.2) is 4.68 Å². The molecule has 0 fully saturated rings. The summed E-state index contributed by atoms with van der Waals surface area (Å²) in [5.74, 6) is 0.219. The summed E-state index contributed by atoms with van der Waals surface area (Å²) in [7, 11) is 1.79. The van der Waals surface area contributed by atoms with Gasteiger partial charge in [0, 0.05) is 7.05 Å². The number of nitrogens with zero attached hydrogens (tertiary/aromatic N) is 2. The molecule has 6 nitrogen and oxygen atoms in total. The Morgan fingerprint density at radius 1 is 0.967 bits per heavy atom. The molecule has 152 valence electrons. The molecule has 1 atom stereocenters. The lowest BCUT2D eigenvalue weighted by molar-refractivity contribution is -0.122. The zero-order valence-corrected chi connectivity index (χ0v) is 17.1. The number of hydrogen-bond acceptors (Lipinski definition) is 3. The van der Waals surface area contributed by atoms with Crippen molar-refractivity contribution in [3.8, 4) is 11.4 Å². The smallest absolute Gasteiger partial charge is 0.295 e. The maximum Gasteiger partial charge on any atom is 0.295 e. The lowest BCUT2D eigenvalue weighted by Crippen LogP contribution is -2.32. The molecule has 1 heterocycles. The summed E-state index contributed by atoms with van der Waals surface area (Å²) in [6.45, 7) is 3.46. The molecule has 0 spiro atoms. The molecule has 4 aromatic rings. The van der Waals surface area contributed by atoms with Gasteiger partial charge in [0.25, 0.3) is 11.5 Å². The van der Waals surface area contributed by atoms with Gasteiger partial charge < -0.3 is 10.1 Å². The molecule has 30 heavy (non-hydrogen) atoms. The van der Waals surface area contributed by atoms with Crippen LogP contribution < -0.4 is 15.6 Å². The van der Waals surface area contributed by atoms with Crippen LogP contribution in [0.1, 0.15) is 12.6 Å². The van der Waals surface area contributed by atoms with E-state index in [2.05, 4.69) is 5.32 Å². The quantitative estimate of drug-likeness (QED) is 0.549. The molecule has 0 aliphatic carbocycles. The Morgan fingerprint density at radius 3 is 2.37 bits per heavy atom. The minimum atomic E-state index is -0.768. The Morgan fingerprint density at radius 2 is 1.63 bits per heavy atom. The van der Waals surface area contributed by atoms with Crippen molar-refractivity contribution in [3.63, 3.8) is 0 Å². The van der Waals surface area contributed by atoms with E-state index in [-0.39, 0.29) is 17.2 Å². The zero-order chi connectivity index (χ0) is 21.3. The van der Waals surface area contributed by atoms with Gasteiger partial charge in [-0.3, -0.25) is 14.3 Å². The summed E-state index contributed by atoms with van der Waals surface area (Å²) in [6.07, 6.45) is -0.768. The van der Waals surface area contributed by atoms with Crippen LogP contribution in [0.4, 0.5) is 5.69 Å². The molecular weight excluding hydrogens is 378 g/mol. The molecule has 0 saturated carbocycles. The first-order valence-corrected chi connectivity index (χ1v) is 9.76. The molecule has 1 aromatic heterocycles. The minimum Gasteiger partial charge on any atom is -0.481 e. The fourth-order valence-corrected chi connectivity index (χ4v) is 3.44. The molecule has 0 bridgehead atoms. The van der Waals surface area contributed by atoms with E-state index in [4.69, 9.17) is 4.74 Å². The van der Waals surface area contributed by atoms with Gasteiger partial charge in [0.1, 0.15) is 11.4 Å². The first-order chi connectivity index (χ1) is 14.5. The van der Waals surface area contributed by atoms with E-state index in [1.165, 1.54) is 4.68 Å². The zero-order valence-electron chi connectivity index (χ0n) is 17.1. The summed E-state index contributed by atoms with van der Waals surface area (Å²) < 4.78 is 9.08. The molecule has 1 amide bonds. The molecule has 4 rings (SSSR count). The lowest BCUT2D eigenvalue weighted by Gasteiger charge is -2.14. The average molecular weight is 401 g/mol. The number of ether oxygens (including phenoxy) is 1. The molecular formula is C24H23N3O3. The van der Waals surface area contributed by atoms with Crippen LogP contribution in [-0.4, -0.2) is 21.4 Å². The third kappa shape index (κ3) is 3.59. The standard InChI is InChI=1S/C24H23N3O3/c1-16-22(24(29)27(26(16)3)20-11-5-4-6-12-20)25-23(28)17(2)30-21-14-13-18-9-7-8-10-19(18)15-21/h4-15,17H,1-3H3,(H,25,28). The Balaban J connectivity index is 1.55. The van der Waals surface area contributed by atoms with Gasteiger partial charge in [-0.15, -0.1) is 0 Å². The highest BCUT2D eigenvalue weighted by atomic mass is 16.5. The highest BCUT2D eigenvalue weighted by Gasteiger charge is 2.22. The molecule has 0 radical (unpaired) electrons. The van der Waals surface area contributed by atoms with E-state index in [1.54, 1.807) is 25.6 Å². The van der Waals surface area contributed by atoms with Gasteiger partial charge in [0.05, 0.1) is 11.4 Å². The molecule has 0 aliphatic rings. The van der Waals surface area contributed by atoms with Crippen LogP contribution in [0, 0.1) is 6.92 Å². The first-order valence-electron chi connectivity index (χ1n) is 9.76. The van der Waals surface area contributed by atoms with Crippen LogP contribution in [0.3, 0.4) is 0 Å². The number of benzene rings is 3. The van der Waals surface area contributed by atoms with E-state index in [0.717, 1.165) is 16.5 Å². The normalized spacial score (nSPS) is 12.0. The van der Waals surface area contributed by atoms with Crippen molar-refractivity contribution in [1.82, 2.24) is 9.36 Å². The summed E-state index contributed by atoms with van der Waals surface area (Å²) in [4.78, 5) is 25.7. The van der Waals surface area contributed by atoms with Gasteiger partial charge >= 0.3 is 0 Å². The number of hydrogen-bond donors (Lipinski definition) is 1. The van der Waals surface area contributed by atoms with Crippen molar-refractivity contribution in [2.24, 2.45) is 7.05 Å². The van der Waals surface area contributed by atoms with Crippen molar-refractivity contribution in [2.45, 2.75) is 20.0 Å². The number of nitrogens with one attached hydrogen (secondary N) is 1. The van der Waals surface area contributed by atoms with E-state index in [0.29, 0.717) is 11.4 Å². The predicted octanol–water partition coefficient (Wildman–Crippen LogP) is 4.04. The Labute approximate surface area is 174 Å². The second-order valence-electron chi connectivity index (χ2n) is 7.19. The summed E-state index contributed by atoms with van der Waals surface area (Å²) in [6, 6.07) is 22.9. The summed E-state index contributed by atoms with van der Waals surface area (Å²) in [5.41, 5.74) is 1.36. The van der Waals surface area contributed by atoms with Crippen LogP contribution in [-0.2, 0) is 11.8 Å².